The normalized spacial score (nSPS) is 11.1. The highest BCUT2D eigenvalue weighted by atomic mass is 32.2. The average molecular weight is 391 g/mol. The highest BCUT2D eigenvalue weighted by Crippen LogP contribution is 2.15. The minimum absolute atomic E-state index is 0.00502. The standard InChI is InChI=1S/C20H17N5O2S/c1-24-18(28-2)16(13-21)17(23-19(26)22-14-9-5-3-6-10-14)25(20(24)27)15-11-7-4-8-12-15/h3-12H,1-2H3,(H,22,26)/b23-17-. The van der Waals surface area contributed by atoms with Gasteiger partial charge < -0.3 is 5.32 Å². The first kappa shape index (κ1) is 19.2. The number of rotatable bonds is 3. The van der Waals surface area contributed by atoms with E-state index in [-0.39, 0.29) is 11.1 Å². The summed E-state index contributed by atoms with van der Waals surface area (Å²) in [5.41, 5.74) is 0.825. The molecule has 1 N–H and O–H groups in total. The van der Waals surface area contributed by atoms with Gasteiger partial charge in [-0.3, -0.25) is 4.57 Å². The van der Waals surface area contributed by atoms with Crippen molar-refractivity contribution in [3.8, 4) is 11.8 Å². The van der Waals surface area contributed by atoms with Crippen molar-refractivity contribution in [1.82, 2.24) is 9.13 Å². The Bertz CT molecular complexity index is 1180. The van der Waals surface area contributed by atoms with Crippen molar-refractivity contribution in [2.75, 3.05) is 11.6 Å². The third kappa shape index (κ3) is 3.75. The molecule has 0 radical (unpaired) electrons. The number of aromatic nitrogens is 2. The van der Waals surface area contributed by atoms with E-state index in [1.165, 1.54) is 20.9 Å². The van der Waals surface area contributed by atoms with Gasteiger partial charge >= 0.3 is 11.7 Å². The van der Waals surface area contributed by atoms with E-state index < -0.39 is 11.7 Å². The Balaban J connectivity index is 2.29. The molecule has 3 aromatic rings. The first-order valence-electron chi connectivity index (χ1n) is 8.33. The Kier molecular flexibility index (Phi) is 5.77. The predicted octanol–water partition coefficient (Wildman–Crippen LogP) is 2.90. The molecule has 2 aromatic carbocycles. The number of anilines is 1. The third-order valence-electron chi connectivity index (χ3n) is 3.98. The number of hydrogen-bond donors (Lipinski definition) is 1. The summed E-state index contributed by atoms with van der Waals surface area (Å²) < 4.78 is 2.65. The van der Waals surface area contributed by atoms with E-state index in [0.717, 1.165) is 0 Å². The molecule has 0 bridgehead atoms. The first-order valence-corrected chi connectivity index (χ1v) is 9.55. The Morgan fingerprint density at radius 2 is 1.71 bits per heavy atom. The number of nitriles is 1. The van der Waals surface area contributed by atoms with Gasteiger partial charge in [0.25, 0.3) is 0 Å². The number of carbonyl (C=O) groups is 1. The van der Waals surface area contributed by atoms with Gasteiger partial charge in [-0.15, -0.1) is 11.8 Å². The van der Waals surface area contributed by atoms with Crippen LogP contribution in [-0.2, 0) is 7.05 Å². The van der Waals surface area contributed by atoms with Crippen molar-refractivity contribution < 1.29 is 4.79 Å². The minimum atomic E-state index is -0.673. The van der Waals surface area contributed by atoms with Crippen LogP contribution in [-0.4, -0.2) is 21.4 Å². The Morgan fingerprint density at radius 3 is 2.29 bits per heavy atom. The van der Waals surface area contributed by atoms with Crippen molar-refractivity contribution in [3.05, 3.63) is 82.2 Å². The molecule has 0 aliphatic rings. The van der Waals surface area contributed by atoms with Gasteiger partial charge in [-0.25, -0.2) is 14.2 Å². The highest BCUT2D eigenvalue weighted by Gasteiger charge is 2.17. The monoisotopic (exact) mass is 391 g/mol. The maximum Gasteiger partial charge on any atom is 0.347 e. The molecule has 1 heterocycles. The van der Waals surface area contributed by atoms with Crippen LogP contribution in [0, 0.1) is 11.3 Å². The smallest absolute Gasteiger partial charge is 0.306 e. The van der Waals surface area contributed by atoms with Crippen LogP contribution in [0.1, 0.15) is 5.56 Å². The largest absolute Gasteiger partial charge is 0.347 e. The second-order valence-electron chi connectivity index (χ2n) is 5.74. The number of amides is 2. The van der Waals surface area contributed by atoms with E-state index >= 15 is 0 Å². The maximum absolute atomic E-state index is 13.0. The summed E-state index contributed by atoms with van der Waals surface area (Å²) in [6.07, 6.45) is 1.76. The van der Waals surface area contributed by atoms with E-state index in [4.69, 9.17) is 0 Å². The molecule has 8 heteroatoms. The molecule has 0 fully saturated rings. The highest BCUT2D eigenvalue weighted by molar-refractivity contribution is 7.98. The number of thioether (sulfide) groups is 1. The zero-order valence-electron chi connectivity index (χ0n) is 15.3. The minimum Gasteiger partial charge on any atom is -0.306 e. The summed E-state index contributed by atoms with van der Waals surface area (Å²) in [5.74, 6) is 0. The third-order valence-corrected chi connectivity index (χ3v) is 4.85. The molecular weight excluding hydrogens is 374 g/mol. The zero-order valence-corrected chi connectivity index (χ0v) is 16.1. The molecule has 0 aliphatic heterocycles. The molecule has 140 valence electrons. The summed E-state index contributed by atoms with van der Waals surface area (Å²) >= 11 is 1.25. The average Bonchev–Trinajstić information content (AvgIpc) is 2.71. The van der Waals surface area contributed by atoms with E-state index in [1.54, 1.807) is 61.8 Å². The van der Waals surface area contributed by atoms with E-state index in [1.807, 2.05) is 12.1 Å². The van der Waals surface area contributed by atoms with Crippen LogP contribution in [0.2, 0.25) is 0 Å². The lowest BCUT2D eigenvalue weighted by Crippen LogP contribution is -2.41. The van der Waals surface area contributed by atoms with Crippen molar-refractivity contribution >= 4 is 23.5 Å². The van der Waals surface area contributed by atoms with E-state index in [2.05, 4.69) is 16.4 Å². The Labute approximate surface area is 165 Å². The summed E-state index contributed by atoms with van der Waals surface area (Å²) in [6.45, 7) is 0. The maximum atomic E-state index is 13.0. The first-order chi connectivity index (χ1) is 13.6. The molecule has 0 saturated carbocycles. The number of urea groups is 1. The number of hydrogen-bond acceptors (Lipinski definition) is 4. The van der Waals surface area contributed by atoms with Crippen LogP contribution in [0.15, 0.2) is 75.5 Å². The fourth-order valence-corrected chi connectivity index (χ4v) is 3.42. The quantitative estimate of drug-likeness (QED) is 0.549. The molecule has 28 heavy (non-hydrogen) atoms. The topological polar surface area (TPSA) is 92.2 Å². The van der Waals surface area contributed by atoms with E-state index in [0.29, 0.717) is 16.4 Å². The van der Waals surface area contributed by atoms with Crippen LogP contribution in [0.5, 0.6) is 0 Å². The number of benzene rings is 2. The van der Waals surface area contributed by atoms with Crippen LogP contribution in [0.25, 0.3) is 5.69 Å². The Hall–Kier alpha value is -3.57. The summed E-state index contributed by atoms with van der Waals surface area (Å²) in [7, 11) is 1.59. The fourth-order valence-electron chi connectivity index (χ4n) is 2.72. The number of para-hydroxylation sites is 2. The van der Waals surface area contributed by atoms with Gasteiger partial charge in [0, 0.05) is 12.7 Å². The van der Waals surface area contributed by atoms with Gasteiger partial charge in [-0.05, 0) is 30.5 Å². The molecule has 0 unspecified atom stereocenters. The van der Waals surface area contributed by atoms with Gasteiger partial charge in [0.2, 0.25) is 0 Å². The van der Waals surface area contributed by atoms with Crippen molar-refractivity contribution in [3.63, 3.8) is 0 Å². The van der Waals surface area contributed by atoms with Crippen molar-refractivity contribution in [2.24, 2.45) is 12.0 Å². The van der Waals surface area contributed by atoms with Crippen LogP contribution in [0.3, 0.4) is 0 Å². The van der Waals surface area contributed by atoms with E-state index in [9.17, 15) is 14.9 Å². The molecule has 0 saturated heterocycles. The summed E-state index contributed by atoms with van der Waals surface area (Å²) in [4.78, 5) is 29.6. The second kappa shape index (κ2) is 8.41. The van der Waals surface area contributed by atoms with Crippen molar-refractivity contribution in [1.29, 1.82) is 5.26 Å². The van der Waals surface area contributed by atoms with Crippen LogP contribution in [0.4, 0.5) is 10.5 Å². The number of carbonyl (C=O) groups excluding carboxylic acids is 1. The number of nitrogens with zero attached hydrogens (tertiary/aromatic N) is 4. The molecule has 0 spiro atoms. The lowest BCUT2D eigenvalue weighted by Gasteiger charge is -2.14. The van der Waals surface area contributed by atoms with Gasteiger partial charge in [0.15, 0.2) is 5.49 Å². The Morgan fingerprint density at radius 1 is 1.11 bits per heavy atom. The van der Waals surface area contributed by atoms with Gasteiger partial charge in [0.05, 0.1) is 5.69 Å². The lowest BCUT2D eigenvalue weighted by molar-refractivity contribution is 0.258. The molecule has 3 rings (SSSR count). The molecule has 1 aromatic heterocycles. The zero-order chi connectivity index (χ0) is 20.1. The molecule has 0 aliphatic carbocycles. The van der Waals surface area contributed by atoms with Crippen LogP contribution < -0.4 is 16.5 Å². The summed E-state index contributed by atoms with van der Waals surface area (Å²) in [5, 5.41) is 12.8. The lowest BCUT2D eigenvalue weighted by atomic mass is 10.3. The number of nitrogens with one attached hydrogen (secondary N) is 1. The van der Waals surface area contributed by atoms with Crippen molar-refractivity contribution in [2.45, 2.75) is 5.03 Å². The van der Waals surface area contributed by atoms with Crippen LogP contribution >= 0.6 is 11.8 Å². The SMILES string of the molecule is CSc1c(C#N)/c(=N/C(=O)Nc2ccccc2)n(-c2ccccc2)c(=O)n1C. The summed E-state index contributed by atoms with van der Waals surface area (Å²) in [6, 6.07) is 19.0. The molecule has 0 atom stereocenters. The molecule has 2 amide bonds. The fraction of sp³-hybridized carbons (Fsp3) is 0.100. The molecular formula is C20H17N5O2S. The second-order valence-corrected chi connectivity index (χ2v) is 6.54. The molecule has 7 nitrogen and oxygen atoms in total. The predicted molar refractivity (Wildman–Crippen MR) is 109 cm³/mol. The van der Waals surface area contributed by atoms with Gasteiger partial charge in [-0.1, -0.05) is 36.4 Å². The van der Waals surface area contributed by atoms with Gasteiger partial charge in [-0.2, -0.15) is 10.3 Å². The van der Waals surface area contributed by atoms with Gasteiger partial charge in [0.1, 0.15) is 16.7 Å².